The normalized spacial score (nSPS) is 11.8. The molecule has 3 rings (SSSR count). The van der Waals surface area contributed by atoms with Gasteiger partial charge in [0, 0.05) is 17.8 Å². The summed E-state index contributed by atoms with van der Waals surface area (Å²) < 4.78 is 0. The van der Waals surface area contributed by atoms with Crippen LogP contribution >= 0.6 is 0 Å². The lowest BCUT2D eigenvalue weighted by Crippen LogP contribution is -2.43. The summed E-state index contributed by atoms with van der Waals surface area (Å²) >= 11 is 0. The molecule has 0 saturated carbocycles. The number of hydrogen-bond acceptors (Lipinski definition) is 5. The second kappa shape index (κ2) is 11.2. The van der Waals surface area contributed by atoms with Crippen molar-refractivity contribution in [3.8, 4) is 5.75 Å². The molecule has 0 saturated heterocycles. The number of anilines is 1. The van der Waals surface area contributed by atoms with E-state index >= 15 is 0 Å². The number of β-amino-alcohol motifs (C(OH)–C–C–N with tert-alkyl or cyclic N) is 1. The molecule has 0 amide bonds. The summed E-state index contributed by atoms with van der Waals surface area (Å²) in [4.78, 5) is 10.3. The van der Waals surface area contributed by atoms with Crippen LogP contribution < -0.4 is 11.1 Å². The zero-order chi connectivity index (χ0) is 22.9. The molecule has 6 heteroatoms. The highest BCUT2D eigenvalue weighted by molar-refractivity contribution is 5.87. The molecule has 0 aliphatic rings. The van der Waals surface area contributed by atoms with Gasteiger partial charge in [0.05, 0.1) is 11.7 Å². The Balaban J connectivity index is 0.000000285. The summed E-state index contributed by atoms with van der Waals surface area (Å²) in [6.07, 6.45) is 0.257. The van der Waals surface area contributed by atoms with Gasteiger partial charge in [0.25, 0.3) is 0 Å². The van der Waals surface area contributed by atoms with E-state index in [0.29, 0.717) is 12.2 Å². The predicted octanol–water partition coefficient (Wildman–Crippen LogP) is 4.00. The molecule has 0 aliphatic carbocycles. The molecule has 3 aromatic carbocycles. The Morgan fingerprint density at radius 2 is 1.65 bits per heavy atom. The number of carboxylic acid groups (broad SMARTS) is 1. The van der Waals surface area contributed by atoms with Gasteiger partial charge in [0.1, 0.15) is 5.75 Å². The molecule has 6 nitrogen and oxygen atoms in total. The number of aliphatic hydroxyl groups is 1. The Kier molecular flexibility index (Phi) is 8.61. The summed E-state index contributed by atoms with van der Waals surface area (Å²) in [5, 5.41) is 31.5. The third kappa shape index (κ3) is 8.50. The topological polar surface area (TPSA) is 116 Å². The quantitative estimate of drug-likeness (QED) is 0.368. The summed E-state index contributed by atoms with van der Waals surface area (Å²) in [6, 6.07) is 23.1. The van der Waals surface area contributed by atoms with Crippen molar-refractivity contribution in [1.29, 1.82) is 0 Å². The van der Waals surface area contributed by atoms with Gasteiger partial charge in [0.2, 0.25) is 0 Å². The van der Waals surface area contributed by atoms with Crippen LogP contribution in [0.2, 0.25) is 0 Å². The molecule has 0 radical (unpaired) electrons. The number of hydrogen-bond donors (Lipinski definition) is 5. The van der Waals surface area contributed by atoms with Crippen molar-refractivity contribution in [2.75, 3.05) is 12.3 Å². The number of benzene rings is 3. The molecule has 0 aromatic heterocycles. The number of nitrogen functional groups attached to an aromatic ring is 1. The Bertz CT molecular complexity index is 957. The average molecular weight is 423 g/mol. The van der Waals surface area contributed by atoms with Crippen molar-refractivity contribution >= 4 is 11.7 Å². The molecule has 164 valence electrons. The van der Waals surface area contributed by atoms with E-state index in [0.717, 1.165) is 12.0 Å². The van der Waals surface area contributed by atoms with Crippen LogP contribution in [0.4, 0.5) is 5.69 Å². The SMILES string of the molecule is CC(C)(Cc1ccccc1)NCC(O)c1cccc(O)c1.Nc1ccc(C(=O)O)cc1. The number of carboxylic acids is 1. The summed E-state index contributed by atoms with van der Waals surface area (Å²) in [5.74, 6) is -0.755. The van der Waals surface area contributed by atoms with Gasteiger partial charge in [-0.15, -0.1) is 0 Å². The van der Waals surface area contributed by atoms with Gasteiger partial charge in [-0.1, -0.05) is 42.5 Å². The summed E-state index contributed by atoms with van der Waals surface area (Å²) in [5.41, 5.74) is 8.04. The second-order valence-corrected chi connectivity index (χ2v) is 7.97. The van der Waals surface area contributed by atoms with Gasteiger partial charge in [0.15, 0.2) is 0 Å². The minimum atomic E-state index is -0.931. The Morgan fingerprint density at radius 3 is 2.23 bits per heavy atom. The van der Waals surface area contributed by atoms with Gasteiger partial charge in [-0.3, -0.25) is 0 Å². The fourth-order valence-corrected chi connectivity index (χ4v) is 3.02. The van der Waals surface area contributed by atoms with Crippen molar-refractivity contribution in [3.63, 3.8) is 0 Å². The number of aromatic carboxylic acids is 1. The lowest BCUT2D eigenvalue weighted by atomic mass is 9.94. The van der Waals surface area contributed by atoms with E-state index in [2.05, 4.69) is 31.3 Å². The van der Waals surface area contributed by atoms with E-state index in [4.69, 9.17) is 10.8 Å². The molecule has 1 atom stereocenters. The molecule has 31 heavy (non-hydrogen) atoms. The second-order valence-electron chi connectivity index (χ2n) is 7.97. The van der Waals surface area contributed by atoms with Crippen LogP contribution in [0, 0.1) is 0 Å². The van der Waals surface area contributed by atoms with Crippen LogP contribution in [0.1, 0.15) is 41.4 Å². The number of carbonyl (C=O) groups is 1. The lowest BCUT2D eigenvalue weighted by molar-refractivity contribution is 0.0697. The van der Waals surface area contributed by atoms with E-state index in [-0.39, 0.29) is 16.9 Å². The van der Waals surface area contributed by atoms with Gasteiger partial charge in [-0.2, -0.15) is 0 Å². The molecule has 1 unspecified atom stereocenters. The van der Waals surface area contributed by atoms with Crippen LogP contribution in [0.3, 0.4) is 0 Å². The van der Waals surface area contributed by atoms with Crippen LogP contribution in [0.25, 0.3) is 0 Å². The Morgan fingerprint density at radius 1 is 1.00 bits per heavy atom. The van der Waals surface area contributed by atoms with E-state index in [1.54, 1.807) is 30.3 Å². The van der Waals surface area contributed by atoms with E-state index < -0.39 is 12.1 Å². The number of aliphatic hydroxyl groups excluding tert-OH is 1. The van der Waals surface area contributed by atoms with E-state index in [9.17, 15) is 15.0 Å². The van der Waals surface area contributed by atoms with Crippen molar-refractivity contribution in [3.05, 3.63) is 95.6 Å². The maximum atomic E-state index is 10.3. The van der Waals surface area contributed by atoms with E-state index in [1.807, 2.05) is 24.3 Å². The molecule has 0 fully saturated rings. The number of phenols is 1. The lowest BCUT2D eigenvalue weighted by Gasteiger charge is -2.28. The van der Waals surface area contributed by atoms with Gasteiger partial charge >= 0.3 is 5.97 Å². The van der Waals surface area contributed by atoms with Crippen molar-refractivity contribution < 1.29 is 20.1 Å². The van der Waals surface area contributed by atoms with Crippen LogP contribution in [-0.4, -0.2) is 33.4 Å². The standard InChI is InChI=1S/C18H23NO2.C7H7NO2/c1-18(2,12-14-7-4-3-5-8-14)19-13-17(21)15-9-6-10-16(20)11-15;8-6-3-1-5(2-4-6)7(9)10/h3-11,17,19-21H,12-13H2,1-2H3;1-4H,8H2,(H,9,10). The third-order valence-corrected chi connectivity index (χ3v) is 4.68. The molecule has 3 aromatic rings. The van der Waals surface area contributed by atoms with Crippen LogP contribution in [0.15, 0.2) is 78.9 Å². The highest BCUT2D eigenvalue weighted by atomic mass is 16.4. The zero-order valence-corrected chi connectivity index (χ0v) is 17.8. The van der Waals surface area contributed by atoms with Crippen molar-refractivity contribution in [2.24, 2.45) is 0 Å². The number of nitrogens with two attached hydrogens (primary N) is 1. The smallest absolute Gasteiger partial charge is 0.335 e. The highest BCUT2D eigenvalue weighted by Gasteiger charge is 2.19. The number of nitrogens with one attached hydrogen (secondary N) is 1. The van der Waals surface area contributed by atoms with Crippen molar-refractivity contribution in [1.82, 2.24) is 5.32 Å². The van der Waals surface area contributed by atoms with Crippen LogP contribution in [0.5, 0.6) is 5.75 Å². The molecule has 0 bridgehead atoms. The molecule has 0 spiro atoms. The maximum Gasteiger partial charge on any atom is 0.335 e. The molecule has 6 N–H and O–H groups in total. The Labute approximate surface area is 183 Å². The number of rotatable bonds is 7. The third-order valence-electron chi connectivity index (χ3n) is 4.68. The molecule has 0 heterocycles. The van der Waals surface area contributed by atoms with Crippen LogP contribution in [-0.2, 0) is 6.42 Å². The van der Waals surface area contributed by atoms with E-state index in [1.165, 1.54) is 17.7 Å². The first kappa shape index (κ1) is 23.9. The van der Waals surface area contributed by atoms with Crippen molar-refractivity contribution in [2.45, 2.75) is 31.9 Å². The fourth-order valence-electron chi connectivity index (χ4n) is 3.02. The molecular formula is C25H30N2O4. The van der Waals surface area contributed by atoms with Gasteiger partial charge in [-0.25, -0.2) is 4.79 Å². The first-order valence-corrected chi connectivity index (χ1v) is 10.0. The van der Waals surface area contributed by atoms with Gasteiger partial charge in [-0.05, 0) is 67.8 Å². The fraction of sp³-hybridized carbons (Fsp3) is 0.240. The Hall–Kier alpha value is -3.35. The first-order valence-electron chi connectivity index (χ1n) is 10.0. The minimum absolute atomic E-state index is 0.112. The zero-order valence-electron chi connectivity index (χ0n) is 17.8. The predicted molar refractivity (Wildman–Crippen MR) is 123 cm³/mol. The number of phenolic OH excluding ortho intramolecular Hbond substituents is 1. The van der Waals surface area contributed by atoms with Gasteiger partial charge < -0.3 is 26.4 Å². The molecule has 0 aliphatic heterocycles. The summed E-state index contributed by atoms with van der Waals surface area (Å²) in [6.45, 7) is 4.69. The summed E-state index contributed by atoms with van der Waals surface area (Å²) in [7, 11) is 0. The molecular weight excluding hydrogens is 392 g/mol. The minimum Gasteiger partial charge on any atom is -0.508 e. The largest absolute Gasteiger partial charge is 0.508 e. The maximum absolute atomic E-state index is 10.3. The first-order chi connectivity index (χ1) is 14.7. The highest BCUT2D eigenvalue weighted by Crippen LogP contribution is 2.19. The number of aromatic hydroxyl groups is 1. The monoisotopic (exact) mass is 422 g/mol. The average Bonchev–Trinajstić information content (AvgIpc) is 2.73.